The smallest absolute Gasteiger partial charge is 0.307 e. The predicted molar refractivity (Wildman–Crippen MR) is 72.6 cm³/mol. The lowest BCUT2D eigenvalue weighted by atomic mass is 10.2. The third-order valence-corrected chi connectivity index (χ3v) is 3.13. The zero-order chi connectivity index (χ0) is 14.8. The van der Waals surface area contributed by atoms with E-state index >= 15 is 0 Å². The van der Waals surface area contributed by atoms with E-state index in [1.54, 1.807) is 18.2 Å². The minimum atomic E-state index is -4.25. The van der Waals surface area contributed by atoms with Gasteiger partial charge in [-0.2, -0.15) is 13.2 Å². The first kappa shape index (κ1) is 15.0. The standard InChI is InChI=1S/C12H11BrF3N3O/c13-8-1-2-10-9(5-8)11(20)19(7-18-10)4-3-17-6-12(14,15)16/h1-2,5,7,17H,3-4,6H2. The number of halogens is 4. The SMILES string of the molecule is O=c1c2cc(Br)ccc2ncn1CCNCC(F)(F)F. The first-order valence-corrected chi connectivity index (χ1v) is 6.58. The number of aromatic nitrogens is 2. The van der Waals surface area contributed by atoms with E-state index in [-0.39, 0.29) is 18.6 Å². The van der Waals surface area contributed by atoms with Gasteiger partial charge < -0.3 is 5.32 Å². The van der Waals surface area contributed by atoms with Crippen molar-refractivity contribution in [3.8, 4) is 0 Å². The fourth-order valence-electron chi connectivity index (χ4n) is 1.72. The van der Waals surface area contributed by atoms with Crippen LogP contribution in [0.4, 0.5) is 13.2 Å². The molecule has 0 aliphatic rings. The fourth-order valence-corrected chi connectivity index (χ4v) is 2.08. The summed E-state index contributed by atoms with van der Waals surface area (Å²) in [4.78, 5) is 16.2. The quantitative estimate of drug-likeness (QED) is 0.861. The van der Waals surface area contributed by atoms with Crippen molar-refractivity contribution in [1.82, 2.24) is 14.9 Å². The van der Waals surface area contributed by atoms with Crippen LogP contribution in [0.3, 0.4) is 0 Å². The maximum atomic E-state index is 12.1. The van der Waals surface area contributed by atoms with E-state index in [2.05, 4.69) is 26.2 Å². The summed E-state index contributed by atoms with van der Waals surface area (Å²) in [5.74, 6) is 0. The molecule has 0 aliphatic carbocycles. The summed E-state index contributed by atoms with van der Waals surface area (Å²) in [6.45, 7) is -0.903. The van der Waals surface area contributed by atoms with Crippen molar-refractivity contribution in [2.45, 2.75) is 12.7 Å². The van der Waals surface area contributed by atoms with Gasteiger partial charge in [-0.25, -0.2) is 4.98 Å². The Hall–Kier alpha value is -1.41. The molecule has 0 fully saturated rings. The topological polar surface area (TPSA) is 46.9 Å². The Labute approximate surface area is 120 Å². The Balaban J connectivity index is 2.11. The van der Waals surface area contributed by atoms with Crippen molar-refractivity contribution >= 4 is 26.8 Å². The second-order valence-corrected chi connectivity index (χ2v) is 5.11. The highest BCUT2D eigenvalue weighted by molar-refractivity contribution is 9.10. The molecule has 1 heterocycles. The van der Waals surface area contributed by atoms with Crippen LogP contribution in [0.2, 0.25) is 0 Å². The molecule has 1 aromatic heterocycles. The summed E-state index contributed by atoms with van der Waals surface area (Å²) in [6.07, 6.45) is -2.91. The highest BCUT2D eigenvalue weighted by atomic mass is 79.9. The Kier molecular flexibility index (Phi) is 4.44. The average molecular weight is 350 g/mol. The predicted octanol–water partition coefficient (Wildman–Crippen LogP) is 2.31. The Morgan fingerprint density at radius 1 is 1.35 bits per heavy atom. The first-order chi connectivity index (χ1) is 9.37. The molecule has 2 aromatic rings. The second-order valence-electron chi connectivity index (χ2n) is 4.20. The molecule has 0 saturated heterocycles. The average Bonchev–Trinajstić information content (AvgIpc) is 2.36. The van der Waals surface area contributed by atoms with Gasteiger partial charge in [0.2, 0.25) is 0 Å². The molecule has 1 N–H and O–H groups in total. The third kappa shape index (κ3) is 3.80. The summed E-state index contributed by atoms with van der Waals surface area (Å²) in [5.41, 5.74) is 0.280. The van der Waals surface area contributed by atoms with Crippen LogP contribution in [-0.4, -0.2) is 28.8 Å². The number of hydrogen-bond acceptors (Lipinski definition) is 3. The van der Waals surface area contributed by atoms with E-state index in [0.29, 0.717) is 10.9 Å². The number of rotatable bonds is 4. The van der Waals surface area contributed by atoms with Gasteiger partial charge in [-0.15, -0.1) is 0 Å². The second kappa shape index (κ2) is 5.92. The number of benzene rings is 1. The number of nitrogens with zero attached hydrogens (tertiary/aromatic N) is 2. The molecule has 0 saturated carbocycles. The van der Waals surface area contributed by atoms with Gasteiger partial charge in [-0.05, 0) is 18.2 Å². The van der Waals surface area contributed by atoms with Gasteiger partial charge >= 0.3 is 6.18 Å². The lowest BCUT2D eigenvalue weighted by molar-refractivity contribution is -0.124. The zero-order valence-electron chi connectivity index (χ0n) is 10.2. The van der Waals surface area contributed by atoms with E-state index < -0.39 is 12.7 Å². The van der Waals surface area contributed by atoms with E-state index in [4.69, 9.17) is 0 Å². The first-order valence-electron chi connectivity index (χ1n) is 5.79. The van der Waals surface area contributed by atoms with Crippen LogP contribution in [0.15, 0.2) is 33.8 Å². The van der Waals surface area contributed by atoms with Crippen LogP contribution in [-0.2, 0) is 6.54 Å². The van der Waals surface area contributed by atoms with Gasteiger partial charge in [0.15, 0.2) is 0 Å². The minimum Gasteiger partial charge on any atom is -0.307 e. The van der Waals surface area contributed by atoms with Crippen LogP contribution in [0.25, 0.3) is 10.9 Å². The number of hydrogen-bond donors (Lipinski definition) is 1. The molecule has 2 rings (SSSR count). The summed E-state index contributed by atoms with van der Waals surface area (Å²) in [7, 11) is 0. The Morgan fingerprint density at radius 3 is 2.80 bits per heavy atom. The molecule has 4 nitrogen and oxygen atoms in total. The van der Waals surface area contributed by atoms with Gasteiger partial charge in [0.1, 0.15) is 0 Å². The maximum Gasteiger partial charge on any atom is 0.401 e. The molecule has 0 bridgehead atoms. The van der Waals surface area contributed by atoms with Crippen molar-refractivity contribution in [1.29, 1.82) is 0 Å². The van der Waals surface area contributed by atoms with Crippen molar-refractivity contribution in [3.05, 3.63) is 39.4 Å². The van der Waals surface area contributed by atoms with E-state index in [9.17, 15) is 18.0 Å². The molecule has 0 amide bonds. The monoisotopic (exact) mass is 349 g/mol. The Morgan fingerprint density at radius 2 is 2.10 bits per heavy atom. The summed E-state index contributed by atoms with van der Waals surface area (Å²) in [6, 6.07) is 5.11. The summed E-state index contributed by atoms with van der Waals surface area (Å²) in [5, 5.41) is 2.67. The van der Waals surface area contributed by atoms with Crippen molar-refractivity contribution in [2.75, 3.05) is 13.1 Å². The normalized spacial score (nSPS) is 12.0. The van der Waals surface area contributed by atoms with E-state index in [1.165, 1.54) is 10.9 Å². The van der Waals surface area contributed by atoms with Gasteiger partial charge in [-0.1, -0.05) is 15.9 Å². The molecular weight excluding hydrogens is 339 g/mol. The van der Waals surface area contributed by atoms with Crippen molar-refractivity contribution < 1.29 is 13.2 Å². The van der Waals surface area contributed by atoms with Gasteiger partial charge in [0.05, 0.1) is 23.8 Å². The highest BCUT2D eigenvalue weighted by Gasteiger charge is 2.25. The van der Waals surface area contributed by atoms with Gasteiger partial charge in [0, 0.05) is 17.6 Å². The minimum absolute atomic E-state index is 0.0423. The molecule has 8 heteroatoms. The lowest BCUT2D eigenvalue weighted by Gasteiger charge is -2.09. The van der Waals surface area contributed by atoms with Crippen LogP contribution in [0, 0.1) is 0 Å². The molecular formula is C12H11BrF3N3O. The number of alkyl halides is 3. The molecule has 1 aromatic carbocycles. The third-order valence-electron chi connectivity index (χ3n) is 2.64. The molecule has 0 radical (unpaired) electrons. The van der Waals surface area contributed by atoms with E-state index in [0.717, 1.165) is 4.47 Å². The van der Waals surface area contributed by atoms with Crippen molar-refractivity contribution in [3.63, 3.8) is 0 Å². The van der Waals surface area contributed by atoms with E-state index in [1.807, 2.05) is 0 Å². The molecule has 20 heavy (non-hydrogen) atoms. The van der Waals surface area contributed by atoms with Crippen LogP contribution in [0.5, 0.6) is 0 Å². The molecule has 0 atom stereocenters. The molecule has 108 valence electrons. The van der Waals surface area contributed by atoms with Crippen molar-refractivity contribution in [2.24, 2.45) is 0 Å². The summed E-state index contributed by atoms with van der Waals surface area (Å²) < 4.78 is 37.9. The van der Waals surface area contributed by atoms with Gasteiger partial charge in [0.25, 0.3) is 5.56 Å². The van der Waals surface area contributed by atoms with Crippen LogP contribution >= 0.6 is 15.9 Å². The van der Waals surface area contributed by atoms with Gasteiger partial charge in [-0.3, -0.25) is 9.36 Å². The molecule has 0 spiro atoms. The zero-order valence-corrected chi connectivity index (χ0v) is 11.8. The largest absolute Gasteiger partial charge is 0.401 e. The number of fused-ring (bicyclic) bond motifs is 1. The van der Waals surface area contributed by atoms with Crippen LogP contribution in [0.1, 0.15) is 0 Å². The highest BCUT2D eigenvalue weighted by Crippen LogP contribution is 2.15. The fraction of sp³-hybridized carbons (Fsp3) is 0.333. The Bertz CT molecular complexity index is 669. The maximum absolute atomic E-state index is 12.1. The molecule has 0 unspecified atom stereocenters. The summed E-state index contributed by atoms with van der Waals surface area (Å²) >= 11 is 3.26. The molecule has 0 aliphatic heterocycles. The number of nitrogens with one attached hydrogen (secondary N) is 1. The lowest BCUT2D eigenvalue weighted by Crippen LogP contribution is -2.33. The van der Waals surface area contributed by atoms with Crippen LogP contribution < -0.4 is 10.9 Å².